The number of aromatic nitrogens is 1. The number of hydrogen-bond acceptors (Lipinski definition) is 4. The number of ketones is 1. The van der Waals surface area contributed by atoms with Gasteiger partial charge in [0.05, 0.1) is 5.69 Å². The topological polar surface area (TPSA) is 68.4 Å². The number of nitrogens with one attached hydrogen (secondary N) is 1. The molecule has 3 rings (SSSR count). The average Bonchev–Trinajstić information content (AvgIpc) is 3.05. The molecule has 0 atom stereocenters. The molecule has 90 valence electrons. The van der Waals surface area contributed by atoms with Gasteiger partial charge in [-0.2, -0.15) is 0 Å². The fourth-order valence-corrected chi connectivity index (χ4v) is 1.82. The van der Waals surface area contributed by atoms with Crippen LogP contribution in [0.25, 0.3) is 0 Å². The van der Waals surface area contributed by atoms with Crippen LogP contribution in [0.5, 0.6) is 11.5 Å². The zero-order valence-electron chi connectivity index (χ0n) is 9.30. The molecule has 0 fully saturated rings. The summed E-state index contributed by atoms with van der Waals surface area (Å²) in [5.41, 5.74) is 1.31. The molecule has 18 heavy (non-hydrogen) atoms. The monoisotopic (exact) mass is 243 g/mol. The Hall–Kier alpha value is -2.56. The number of benzene rings is 1. The van der Waals surface area contributed by atoms with Crippen LogP contribution in [-0.4, -0.2) is 23.8 Å². The van der Waals surface area contributed by atoms with Gasteiger partial charge in [0.25, 0.3) is 0 Å². The second kappa shape index (κ2) is 4.03. The zero-order valence-corrected chi connectivity index (χ0v) is 9.30. The van der Waals surface area contributed by atoms with Gasteiger partial charge >= 0.3 is 0 Å². The van der Waals surface area contributed by atoms with Crippen LogP contribution in [0.4, 0.5) is 0 Å². The molecule has 5 heteroatoms. The number of carbonyl (C=O) groups excluding carboxylic acids is 2. The lowest BCUT2D eigenvalue weighted by Crippen LogP contribution is -1.99. The molecule has 0 spiro atoms. The minimum absolute atomic E-state index is 0.169. The Kier molecular flexibility index (Phi) is 2.37. The molecular formula is C13H9NO4. The Morgan fingerprint density at radius 3 is 2.78 bits per heavy atom. The van der Waals surface area contributed by atoms with Crippen LogP contribution in [-0.2, 0) is 0 Å². The first-order valence-corrected chi connectivity index (χ1v) is 5.36. The minimum Gasteiger partial charge on any atom is -0.454 e. The van der Waals surface area contributed by atoms with Crippen LogP contribution >= 0.6 is 0 Å². The van der Waals surface area contributed by atoms with Gasteiger partial charge < -0.3 is 14.5 Å². The molecule has 2 heterocycles. The Balaban J connectivity index is 1.94. The van der Waals surface area contributed by atoms with Gasteiger partial charge in [-0.05, 0) is 24.3 Å². The molecule has 0 saturated carbocycles. The van der Waals surface area contributed by atoms with E-state index in [0.29, 0.717) is 34.6 Å². The summed E-state index contributed by atoms with van der Waals surface area (Å²) in [5, 5.41) is 0. The van der Waals surface area contributed by atoms with Gasteiger partial charge in [0.1, 0.15) is 0 Å². The normalized spacial score (nSPS) is 12.4. The van der Waals surface area contributed by atoms with Crippen molar-refractivity contribution in [1.29, 1.82) is 0 Å². The van der Waals surface area contributed by atoms with E-state index in [1.54, 1.807) is 18.2 Å². The van der Waals surface area contributed by atoms with Crippen LogP contribution in [0, 0.1) is 0 Å². The van der Waals surface area contributed by atoms with E-state index in [0.717, 1.165) is 0 Å². The second-order valence-corrected chi connectivity index (χ2v) is 3.86. The lowest BCUT2D eigenvalue weighted by molar-refractivity contribution is 0.103. The smallest absolute Gasteiger partial charge is 0.231 e. The maximum absolute atomic E-state index is 12.1. The van der Waals surface area contributed by atoms with E-state index in [2.05, 4.69) is 4.98 Å². The van der Waals surface area contributed by atoms with Crippen molar-refractivity contribution in [3.8, 4) is 11.5 Å². The maximum Gasteiger partial charge on any atom is 0.231 e. The highest BCUT2D eigenvalue weighted by Crippen LogP contribution is 2.33. The highest BCUT2D eigenvalue weighted by atomic mass is 16.7. The zero-order chi connectivity index (χ0) is 12.5. The Morgan fingerprint density at radius 2 is 2.00 bits per heavy atom. The predicted molar refractivity (Wildman–Crippen MR) is 62.2 cm³/mol. The van der Waals surface area contributed by atoms with Crippen molar-refractivity contribution in [3.63, 3.8) is 0 Å². The SMILES string of the molecule is O=Cc1cc(C(=O)c2ccc3c(c2)OCO3)c[nH]1. The van der Waals surface area contributed by atoms with Crippen molar-refractivity contribution in [2.24, 2.45) is 0 Å². The van der Waals surface area contributed by atoms with E-state index in [9.17, 15) is 9.59 Å². The molecule has 5 nitrogen and oxygen atoms in total. The van der Waals surface area contributed by atoms with Gasteiger partial charge in [-0.1, -0.05) is 0 Å². The van der Waals surface area contributed by atoms with Crippen molar-refractivity contribution in [1.82, 2.24) is 4.98 Å². The number of aromatic amines is 1. The Labute approximate surface area is 102 Å². The number of aldehydes is 1. The molecule has 1 aromatic heterocycles. The molecule has 0 radical (unpaired) electrons. The van der Waals surface area contributed by atoms with E-state index in [4.69, 9.17) is 9.47 Å². The average molecular weight is 243 g/mol. The Morgan fingerprint density at radius 1 is 1.17 bits per heavy atom. The van der Waals surface area contributed by atoms with Gasteiger partial charge in [0.2, 0.25) is 6.79 Å². The molecule has 1 aromatic carbocycles. The molecule has 1 aliphatic heterocycles. The van der Waals surface area contributed by atoms with E-state index in [1.807, 2.05) is 0 Å². The van der Waals surface area contributed by atoms with Gasteiger partial charge in [0, 0.05) is 17.3 Å². The molecule has 2 aromatic rings. The first-order valence-electron chi connectivity index (χ1n) is 5.36. The molecular weight excluding hydrogens is 234 g/mol. The van der Waals surface area contributed by atoms with E-state index in [-0.39, 0.29) is 12.6 Å². The number of ether oxygens (including phenoxy) is 2. The molecule has 1 aliphatic rings. The summed E-state index contributed by atoms with van der Waals surface area (Å²) in [6, 6.07) is 6.52. The number of fused-ring (bicyclic) bond motifs is 1. The largest absolute Gasteiger partial charge is 0.454 e. The van der Waals surface area contributed by atoms with Gasteiger partial charge in [-0.3, -0.25) is 9.59 Å². The van der Waals surface area contributed by atoms with Crippen LogP contribution in [0.15, 0.2) is 30.5 Å². The maximum atomic E-state index is 12.1. The summed E-state index contributed by atoms with van der Waals surface area (Å²) < 4.78 is 10.4. The van der Waals surface area contributed by atoms with Crippen molar-refractivity contribution in [2.75, 3.05) is 6.79 Å². The highest BCUT2D eigenvalue weighted by molar-refractivity contribution is 6.09. The first kappa shape index (κ1) is 10.6. The fraction of sp³-hybridized carbons (Fsp3) is 0.0769. The fourth-order valence-electron chi connectivity index (χ4n) is 1.82. The van der Waals surface area contributed by atoms with Gasteiger partial charge in [-0.15, -0.1) is 0 Å². The number of H-pyrrole nitrogens is 1. The number of carbonyl (C=O) groups is 2. The van der Waals surface area contributed by atoms with Crippen LogP contribution < -0.4 is 9.47 Å². The number of hydrogen-bond donors (Lipinski definition) is 1. The molecule has 0 bridgehead atoms. The Bertz CT molecular complexity index is 630. The molecule has 0 aliphatic carbocycles. The summed E-state index contributed by atoms with van der Waals surface area (Å²) in [7, 11) is 0. The van der Waals surface area contributed by atoms with Gasteiger partial charge in [0.15, 0.2) is 23.6 Å². The minimum atomic E-state index is -0.169. The van der Waals surface area contributed by atoms with Crippen LogP contribution in [0.2, 0.25) is 0 Å². The summed E-state index contributed by atoms with van der Waals surface area (Å²) >= 11 is 0. The summed E-state index contributed by atoms with van der Waals surface area (Å²) in [4.78, 5) is 25.4. The van der Waals surface area contributed by atoms with Crippen molar-refractivity contribution >= 4 is 12.1 Å². The third-order valence-electron chi connectivity index (χ3n) is 2.73. The lowest BCUT2D eigenvalue weighted by Gasteiger charge is -2.00. The van der Waals surface area contributed by atoms with Crippen molar-refractivity contribution in [2.45, 2.75) is 0 Å². The van der Waals surface area contributed by atoms with Crippen molar-refractivity contribution < 1.29 is 19.1 Å². The summed E-state index contributed by atoms with van der Waals surface area (Å²) in [6.45, 7) is 0.173. The quantitative estimate of drug-likeness (QED) is 0.659. The van der Waals surface area contributed by atoms with Crippen LogP contribution in [0.1, 0.15) is 26.4 Å². The third-order valence-corrected chi connectivity index (χ3v) is 2.73. The molecule has 0 saturated heterocycles. The van der Waals surface area contributed by atoms with Gasteiger partial charge in [-0.25, -0.2) is 0 Å². The molecule has 1 N–H and O–H groups in total. The lowest BCUT2D eigenvalue weighted by atomic mass is 10.1. The van der Waals surface area contributed by atoms with E-state index >= 15 is 0 Å². The van der Waals surface area contributed by atoms with Crippen LogP contribution in [0.3, 0.4) is 0 Å². The third kappa shape index (κ3) is 1.66. The summed E-state index contributed by atoms with van der Waals surface area (Å²) in [6.07, 6.45) is 2.17. The van der Waals surface area contributed by atoms with Crippen molar-refractivity contribution in [3.05, 3.63) is 47.3 Å². The predicted octanol–water partition coefficient (Wildman–Crippen LogP) is 1.79. The first-order chi connectivity index (χ1) is 8.78. The summed E-state index contributed by atoms with van der Waals surface area (Å²) in [5.74, 6) is 1.03. The second-order valence-electron chi connectivity index (χ2n) is 3.86. The van der Waals surface area contributed by atoms with E-state index in [1.165, 1.54) is 12.3 Å². The highest BCUT2D eigenvalue weighted by Gasteiger charge is 2.17. The molecule has 0 unspecified atom stereocenters. The standard InChI is InChI=1S/C13H9NO4/c15-6-10-3-9(5-14-10)13(16)8-1-2-11-12(4-8)18-7-17-11/h1-6,14H,7H2. The number of rotatable bonds is 3. The molecule has 0 amide bonds. The van der Waals surface area contributed by atoms with E-state index < -0.39 is 0 Å².